The first-order chi connectivity index (χ1) is 25.6. The molecule has 8 rings (SSSR count). The van der Waals surface area contributed by atoms with Gasteiger partial charge in [0.05, 0.1) is 44.9 Å². The average Bonchev–Trinajstić information content (AvgIpc) is 3.68. The minimum absolute atomic E-state index is 0. The molecule has 1 spiro atoms. The Morgan fingerprint density at radius 2 is 1.23 bits per heavy atom. The third-order valence-electron chi connectivity index (χ3n) is 9.92. The Balaban J connectivity index is 0.00000435. The maximum absolute atomic E-state index is 7.11. The summed E-state index contributed by atoms with van der Waals surface area (Å²) in [4.78, 5) is -0.893. The van der Waals surface area contributed by atoms with Gasteiger partial charge in [-0.1, -0.05) is 150 Å². The van der Waals surface area contributed by atoms with Crippen molar-refractivity contribution in [3.8, 4) is 0 Å². The van der Waals surface area contributed by atoms with Crippen LogP contribution in [-0.2, 0) is 61.7 Å². The summed E-state index contributed by atoms with van der Waals surface area (Å²) in [6, 6.07) is 45.8. The molecule has 6 aromatic rings. The molecular formula is C44H43NO5PRfS-. The summed E-state index contributed by atoms with van der Waals surface area (Å²) in [5, 5.41) is 1.02. The zero-order chi connectivity index (χ0) is 35.3. The maximum Gasteiger partial charge on any atom is 0.168 e. The van der Waals surface area contributed by atoms with Gasteiger partial charge in [0, 0.05) is 0 Å². The van der Waals surface area contributed by atoms with E-state index in [0.717, 1.165) is 44.5 Å². The van der Waals surface area contributed by atoms with Gasteiger partial charge in [0.25, 0.3) is 0 Å². The van der Waals surface area contributed by atoms with Gasteiger partial charge in [-0.3, -0.25) is 0 Å². The molecule has 0 amide bonds. The van der Waals surface area contributed by atoms with E-state index in [2.05, 4.69) is 83.2 Å². The summed E-state index contributed by atoms with van der Waals surface area (Å²) in [7, 11) is 2.79. The molecule has 0 radical (unpaired) electrons. The molecule has 1 saturated heterocycles. The van der Waals surface area contributed by atoms with Crippen LogP contribution in [0.2, 0.25) is 0 Å². The standard InChI is InChI=1S/C44H43NO5PS.Rf/c1-31-24-45(51)39-23-38-36(22-37(31)39)29-50-44(38)43(49-28-35-20-12-5-13-21-35)42(48-27-34-18-10-4-11-19-34)41(47-26-33-16-8-3-9-17-33)40(52-44)30-46-25-32-14-6-2-7-15-32;/h2-23,40-43H,25-30,51H2,1H3;/q-1;/t40-,41-,42+,43-,44+;/m1./s1. The van der Waals surface area contributed by atoms with Crippen molar-refractivity contribution in [2.75, 3.05) is 6.61 Å². The molecule has 6 atom stereocenters. The van der Waals surface area contributed by atoms with Gasteiger partial charge in [-0.2, -0.15) is 5.39 Å². The SMILES string of the molecule is Cc1[c-]n(P)c2cc3c(cc12)CO[C@]31S[C@H](COCc2ccccc2)[C@@H](OCc2ccccc2)[C@H](OCc2ccccc2)[C@H]1OCc1ccccc1.[Rf]. The Kier molecular flexibility index (Phi) is 11.4. The molecule has 1 fully saturated rings. The van der Waals surface area contributed by atoms with E-state index >= 15 is 0 Å². The van der Waals surface area contributed by atoms with Crippen LogP contribution in [0.1, 0.15) is 38.9 Å². The number of nitrogens with zero attached hydrogens (tertiary/aromatic N) is 1. The molecule has 268 valence electrons. The fourth-order valence-electron chi connectivity index (χ4n) is 7.31. The summed E-state index contributed by atoms with van der Waals surface area (Å²) in [6.07, 6.45) is 2.03. The van der Waals surface area contributed by atoms with Gasteiger partial charge in [0.15, 0.2) is 4.93 Å². The zero-order valence-electron chi connectivity index (χ0n) is 29.9. The molecule has 53 heavy (non-hydrogen) atoms. The van der Waals surface area contributed by atoms with Crippen molar-refractivity contribution in [1.29, 1.82) is 0 Å². The predicted octanol–water partition coefficient (Wildman–Crippen LogP) is 9.16. The molecule has 1 aromatic heterocycles. The van der Waals surface area contributed by atoms with E-state index < -0.39 is 17.1 Å². The van der Waals surface area contributed by atoms with Crippen molar-refractivity contribution >= 4 is 32.1 Å². The summed E-state index contributed by atoms with van der Waals surface area (Å²) in [5.41, 5.74) is 8.81. The largest absolute Gasteiger partial charge is 0.448 e. The fourth-order valence-corrected chi connectivity index (χ4v) is 9.48. The van der Waals surface area contributed by atoms with E-state index in [1.807, 2.05) is 77.1 Å². The van der Waals surface area contributed by atoms with Gasteiger partial charge >= 0.3 is 0 Å². The number of rotatable bonds is 13. The first-order valence-electron chi connectivity index (χ1n) is 17.8. The Bertz CT molecular complexity index is 2070. The summed E-state index contributed by atoms with van der Waals surface area (Å²) in [5.74, 6) is 0. The Morgan fingerprint density at radius 3 is 1.79 bits per heavy atom. The maximum atomic E-state index is 7.11. The van der Waals surface area contributed by atoms with E-state index in [9.17, 15) is 0 Å². The second-order valence-corrected chi connectivity index (χ2v) is 15.5. The van der Waals surface area contributed by atoms with E-state index in [1.54, 1.807) is 11.8 Å². The van der Waals surface area contributed by atoms with Crippen molar-refractivity contribution in [2.24, 2.45) is 0 Å². The molecule has 2 aliphatic rings. The van der Waals surface area contributed by atoms with Crippen LogP contribution in [0.15, 0.2) is 133 Å². The molecule has 2 aliphatic heterocycles. The molecule has 3 heterocycles. The van der Waals surface area contributed by atoms with Crippen LogP contribution in [-0.4, -0.2) is 34.5 Å². The number of ether oxygens (including phenoxy) is 5. The zero-order valence-corrected chi connectivity index (χ0v) is 38.3. The molecule has 9 heteroatoms. The monoisotopic (exact) mass is 995 g/mol. The topological polar surface area (TPSA) is 51.1 Å². The van der Waals surface area contributed by atoms with Crippen molar-refractivity contribution in [3.05, 3.63) is 179 Å². The van der Waals surface area contributed by atoms with Crippen molar-refractivity contribution in [3.63, 3.8) is 0 Å². The van der Waals surface area contributed by atoms with Crippen LogP contribution in [0.4, 0.5) is 0 Å². The smallest absolute Gasteiger partial charge is 0.168 e. The summed E-state index contributed by atoms with van der Waals surface area (Å²) in [6.45, 7) is 4.72. The quantitative estimate of drug-likeness (QED) is 0.0851. The number of aryl methyl sites for hydroxylation is 1. The van der Waals surface area contributed by atoms with Crippen LogP contribution in [0.25, 0.3) is 10.9 Å². The third kappa shape index (κ3) is 7.81. The number of thioether (sulfide) groups is 1. The number of hydrogen-bond donors (Lipinski definition) is 0. The molecule has 1 unspecified atom stereocenters. The Morgan fingerprint density at radius 1 is 0.717 bits per heavy atom. The first kappa shape index (κ1) is 36.6. The van der Waals surface area contributed by atoms with Crippen LogP contribution >= 0.6 is 21.2 Å². The van der Waals surface area contributed by atoms with E-state index in [0.29, 0.717) is 39.6 Å². The van der Waals surface area contributed by atoms with Gasteiger partial charge in [0.2, 0.25) is 0 Å². The summed E-state index contributed by atoms with van der Waals surface area (Å²) >= 11 is 1.75. The minimum Gasteiger partial charge on any atom is -0.448 e. The van der Waals surface area contributed by atoms with Crippen LogP contribution < -0.4 is 0 Å². The van der Waals surface area contributed by atoms with Crippen molar-refractivity contribution in [1.82, 2.24) is 4.34 Å². The Labute approximate surface area is 312 Å². The van der Waals surface area contributed by atoms with Crippen molar-refractivity contribution in [2.45, 2.75) is 68.5 Å². The minimum atomic E-state index is -0.893. The van der Waals surface area contributed by atoms with E-state index in [4.69, 9.17) is 23.7 Å². The first-order valence-corrected chi connectivity index (χ1v) is 19.2. The second kappa shape index (κ2) is 16.5. The number of aromatic nitrogens is 1. The van der Waals surface area contributed by atoms with Crippen LogP contribution in [0.5, 0.6) is 0 Å². The predicted molar refractivity (Wildman–Crippen MR) is 210 cm³/mol. The van der Waals surface area contributed by atoms with Crippen LogP contribution in [0.3, 0.4) is 0 Å². The number of benzene rings is 5. The molecule has 0 aliphatic carbocycles. The number of fused-ring (bicyclic) bond motifs is 3. The fraction of sp³-hybridized carbons (Fsp3) is 0.273. The van der Waals surface area contributed by atoms with Gasteiger partial charge in [-0.25, -0.2) is 0 Å². The summed E-state index contributed by atoms with van der Waals surface area (Å²) < 4.78 is 36.8. The molecule has 0 bridgehead atoms. The molecule has 0 saturated carbocycles. The molecule has 5 aromatic carbocycles. The second-order valence-electron chi connectivity index (χ2n) is 13.5. The molecule has 0 N–H and O–H groups in total. The van der Waals surface area contributed by atoms with Gasteiger partial charge in [0.1, 0.15) is 18.3 Å². The average molecular weight is 996 g/mol. The normalized spacial score (nSPS) is 22.2. The van der Waals surface area contributed by atoms with Gasteiger partial charge in [-0.05, 0) is 33.4 Å². The van der Waals surface area contributed by atoms with E-state index in [1.165, 1.54) is 5.39 Å². The molecular weight excluding hydrogens is 953 g/mol. The van der Waals surface area contributed by atoms with Gasteiger partial charge in [-0.15, -0.1) is 28.9 Å². The van der Waals surface area contributed by atoms with Crippen LogP contribution in [0, 0.1) is 13.1 Å². The van der Waals surface area contributed by atoms with E-state index in [-0.39, 0.29) is 11.4 Å². The Hall–Kier alpha value is -4.78. The third-order valence-corrected chi connectivity index (χ3v) is 12.0. The molecule has 6 nitrogen and oxygen atoms in total. The van der Waals surface area contributed by atoms with Crippen molar-refractivity contribution < 1.29 is 23.7 Å². The number of hydrogen-bond acceptors (Lipinski definition) is 6. The van der Waals surface area contributed by atoms with Gasteiger partial charge < -0.3 is 28.0 Å².